The summed E-state index contributed by atoms with van der Waals surface area (Å²) in [5, 5.41) is 2.91. The fourth-order valence-electron chi connectivity index (χ4n) is 2.74. The SMILES string of the molecule is Cc1ccc2nc(CNC(=O)N3CCC(CN)C3)[nH]c2c1. The lowest BCUT2D eigenvalue weighted by molar-refractivity contribution is 0.206. The molecule has 6 nitrogen and oxygen atoms in total. The van der Waals surface area contributed by atoms with E-state index in [1.807, 2.05) is 24.0 Å². The number of likely N-dealkylation sites (tertiary alicyclic amines) is 1. The molecule has 0 saturated carbocycles. The Morgan fingerprint density at radius 1 is 1.57 bits per heavy atom. The van der Waals surface area contributed by atoms with Crippen molar-refractivity contribution in [2.45, 2.75) is 19.9 Å². The highest BCUT2D eigenvalue weighted by Crippen LogP contribution is 2.15. The molecule has 112 valence electrons. The summed E-state index contributed by atoms with van der Waals surface area (Å²) < 4.78 is 0. The minimum atomic E-state index is -0.0393. The minimum absolute atomic E-state index is 0.0393. The second-order valence-electron chi connectivity index (χ2n) is 5.70. The van der Waals surface area contributed by atoms with Crippen LogP contribution in [-0.4, -0.2) is 40.5 Å². The minimum Gasteiger partial charge on any atom is -0.340 e. The molecule has 1 unspecified atom stereocenters. The zero-order valence-electron chi connectivity index (χ0n) is 12.2. The van der Waals surface area contributed by atoms with Gasteiger partial charge in [0.2, 0.25) is 0 Å². The van der Waals surface area contributed by atoms with Gasteiger partial charge >= 0.3 is 6.03 Å². The Hall–Kier alpha value is -2.08. The monoisotopic (exact) mass is 287 g/mol. The standard InChI is InChI=1S/C15H21N5O/c1-10-2-3-12-13(6-10)19-14(18-12)8-17-15(21)20-5-4-11(7-16)9-20/h2-3,6,11H,4-5,7-9,16H2,1H3,(H,17,21)(H,18,19). The first-order valence-corrected chi connectivity index (χ1v) is 7.34. The molecule has 1 aliphatic rings. The molecular formula is C15H21N5O. The smallest absolute Gasteiger partial charge is 0.317 e. The molecule has 2 heterocycles. The zero-order chi connectivity index (χ0) is 14.8. The number of imidazole rings is 1. The molecule has 1 atom stereocenters. The number of aromatic nitrogens is 2. The van der Waals surface area contributed by atoms with Crippen molar-refractivity contribution in [3.63, 3.8) is 0 Å². The average Bonchev–Trinajstić information content (AvgIpc) is 3.10. The third kappa shape index (κ3) is 3.00. The van der Waals surface area contributed by atoms with E-state index in [9.17, 15) is 4.79 Å². The van der Waals surface area contributed by atoms with Crippen molar-refractivity contribution in [2.24, 2.45) is 11.7 Å². The Labute approximate surface area is 123 Å². The Bertz CT molecular complexity index is 651. The second-order valence-corrected chi connectivity index (χ2v) is 5.70. The van der Waals surface area contributed by atoms with E-state index in [-0.39, 0.29) is 6.03 Å². The Morgan fingerprint density at radius 3 is 3.19 bits per heavy atom. The highest BCUT2D eigenvalue weighted by molar-refractivity contribution is 5.76. The number of carbonyl (C=O) groups excluding carboxylic acids is 1. The van der Waals surface area contributed by atoms with Gasteiger partial charge in [-0.3, -0.25) is 0 Å². The van der Waals surface area contributed by atoms with Crippen molar-refractivity contribution < 1.29 is 4.79 Å². The molecule has 2 aromatic rings. The quantitative estimate of drug-likeness (QED) is 0.796. The molecular weight excluding hydrogens is 266 g/mol. The Kier molecular flexibility index (Phi) is 3.79. The van der Waals surface area contributed by atoms with Gasteiger partial charge in [-0.25, -0.2) is 9.78 Å². The van der Waals surface area contributed by atoms with Crippen LogP contribution in [0.5, 0.6) is 0 Å². The van der Waals surface area contributed by atoms with Crippen LogP contribution in [-0.2, 0) is 6.54 Å². The predicted molar refractivity (Wildman–Crippen MR) is 81.8 cm³/mol. The van der Waals surface area contributed by atoms with E-state index in [0.29, 0.717) is 19.0 Å². The number of nitrogens with two attached hydrogens (primary N) is 1. The maximum atomic E-state index is 12.1. The van der Waals surface area contributed by atoms with Gasteiger partial charge in [0.15, 0.2) is 0 Å². The third-order valence-corrected chi connectivity index (χ3v) is 4.00. The molecule has 1 aliphatic heterocycles. The number of H-pyrrole nitrogens is 1. The first-order chi connectivity index (χ1) is 10.2. The van der Waals surface area contributed by atoms with Crippen molar-refractivity contribution in [3.8, 4) is 0 Å². The summed E-state index contributed by atoms with van der Waals surface area (Å²) in [5.41, 5.74) is 8.76. The average molecular weight is 287 g/mol. The summed E-state index contributed by atoms with van der Waals surface area (Å²) >= 11 is 0. The highest BCUT2D eigenvalue weighted by atomic mass is 16.2. The topological polar surface area (TPSA) is 87.0 Å². The number of carbonyl (C=O) groups is 1. The van der Waals surface area contributed by atoms with Crippen LogP contribution < -0.4 is 11.1 Å². The first-order valence-electron chi connectivity index (χ1n) is 7.34. The van der Waals surface area contributed by atoms with E-state index in [1.165, 1.54) is 5.56 Å². The molecule has 1 saturated heterocycles. The Balaban J connectivity index is 1.60. The molecule has 21 heavy (non-hydrogen) atoms. The van der Waals surface area contributed by atoms with Crippen molar-refractivity contribution >= 4 is 17.1 Å². The van der Waals surface area contributed by atoms with Gasteiger partial charge in [0, 0.05) is 13.1 Å². The van der Waals surface area contributed by atoms with Gasteiger partial charge in [0.1, 0.15) is 5.82 Å². The van der Waals surface area contributed by atoms with Crippen molar-refractivity contribution in [1.29, 1.82) is 0 Å². The van der Waals surface area contributed by atoms with Gasteiger partial charge in [-0.15, -0.1) is 0 Å². The largest absolute Gasteiger partial charge is 0.340 e. The predicted octanol–water partition coefficient (Wildman–Crippen LogP) is 1.36. The van der Waals surface area contributed by atoms with Gasteiger partial charge in [-0.1, -0.05) is 6.07 Å². The number of benzene rings is 1. The normalized spacial score (nSPS) is 18.4. The fourth-order valence-corrected chi connectivity index (χ4v) is 2.74. The summed E-state index contributed by atoms with van der Waals surface area (Å²) in [5.74, 6) is 1.21. The summed E-state index contributed by atoms with van der Waals surface area (Å²) in [6.45, 7) is 4.64. The van der Waals surface area contributed by atoms with Gasteiger partial charge in [0.05, 0.1) is 17.6 Å². The van der Waals surface area contributed by atoms with Crippen LogP contribution in [0, 0.1) is 12.8 Å². The number of rotatable bonds is 3. The van der Waals surface area contributed by atoms with Crippen LogP contribution in [0.15, 0.2) is 18.2 Å². The molecule has 0 spiro atoms. The molecule has 0 aliphatic carbocycles. The molecule has 0 bridgehead atoms. The number of aryl methyl sites for hydroxylation is 1. The number of nitrogens with one attached hydrogen (secondary N) is 2. The van der Waals surface area contributed by atoms with Gasteiger partial charge < -0.3 is 20.9 Å². The zero-order valence-corrected chi connectivity index (χ0v) is 12.2. The van der Waals surface area contributed by atoms with Crippen LogP contribution in [0.25, 0.3) is 11.0 Å². The van der Waals surface area contributed by atoms with Gasteiger partial charge in [-0.2, -0.15) is 0 Å². The molecule has 1 fully saturated rings. The lowest BCUT2D eigenvalue weighted by atomic mass is 10.1. The summed E-state index contributed by atoms with van der Waals surface area (Å²) in [6, 6.07) is 6.03. The number of aromatic amines is 1. The first kappa shape index (κ1) is 13.9. The van der Waals surface area contributed by atoms with Crippen LogP contribution >= 0.6 is 0 Å². The number of nitrogens with zero attached hydrogens (tertiary/aromatic N) is 2. The molecule has 1 aromatic heterocycles. The molecule has 1 aromatic carbocycles. The van der Waals surface area contributed by atoms with Gasteiger partial charge in [0.25, 0.3) is 0 Å². The number of amides is 2. The van der Waals surface area contributed by atoms with Crippen LogP contribution in [0.2, 0.25) is 0 Å². The molecule has 2 amide bonds. The molecule has 3 rings (SSSR count). The molecule has 4 N–H and O–H groups in total. The lowest BCUT2D eigenvalue weighted by Crippen LogP contribution is -2.38. The number of hydrogen-bond acceptors (Lipinski definition) is 3. The van der Waals surface area contributed by atoms with Crippen molar-refractivity contribution in [3.05, 3.63) is 29.6 Å². The lowest BCUT2D eigenvalue weighted by Gasteiger charge is -2.16. The van der Waals surface area contributed by atoms with Crippen LogP contribution in [0.4, 0.5) is 4.79 Å². The van der Waals surface area contributed by atoms with E-state index in [4.69, 9.17) is 5.73 Å². The van der Waals surface area contributed by atoms with E-state index < -0.39 is 0 Å². The number of fused-ring (bicyclic) bond motifs is 1. The highest BCUT2D eigenvalue weighted by Gasteiger charge is 2.24. The summed E-state index contributed by atoms with van der Waals surface area (Å²) in [7, 11) is 0. The number of hydrogen-bond donors (Lipinski definition) is 3. The van der Waals surface area contributed by atoms with Crippen LogP contribution in [0.1, 0.15) is 17.8 Å². The maximum Gasteiger partial charge on any atom is 0.317 e. The summed E-state index contributed by atoms with van der Waals surface area (Å²) in [6.07, 6.45) is 0.994. The van der Waals surface area contributed by atoms with Crippen molar-refractivity contribution in [2.75, 3.05) is 19.6 Å². The van der Waals surface area contributed by atoms with E-state index in [1.54, 1.807) is 0 Å². The Morgan fingerprint density at radius 2 is 2.43 bits per heavy atom. The molecule has 0 radical (unpaired) electrons. The van der Waals surface area contributed by atoms with Gasteiger partial charge in [-0.05, 0) is 43.5 Å². The summed E-state index contributed by atoms with van der Waals surface area (Å²) in [4.78, 5) is 21.6. The third-order valence-electron chi connectivity index (χ3n) is 4.00. The fraction of sp³-hybridized carbons (Fsp3) is 0.467. The van der Waals surface area contributed by atoms with Crippen molar-refractivity contribution in [1.82, 2.24) is 20.2 Å². The van der Waals surface area contributed by atoms with E-state index in [0.717, 1.165) is 36.4 Å². The number of urea groups is 1. The second kappa shape index (κ2) is 5.73. The maximum absolute atomic E-state index is 12.1. The molecule has 6 heteroatoms. The van der Waals surface area contributed by atoms with E-state index >= 15 is 0 Å². The van der Waals surface area contributed by atoms with E-state index in [2.05, 4.69) is 21.4 Å². The van der Waals surface area contributed by atoms with Crippen LogP contribution in [0.3, 0.4) is 0 Å².